The lowest BCUT2D eigenvalue weighted by Gasteiger charge is -2.35. The molecule has 17 heteroatoms. The molecule has 7 rings (SSSR count). The van der Waals surface area contributed by atoms with Crippen molar-refractivity contribution >= 4 is 44.6 Å². The fourth-order valence-corrected chi connectivity index (χ4v) is 10.4. The van der Waals surface area contributed by atoms with E-state index in [1.807, 2.05) is 4.72 Å². The molecule has 3 heterocycles. The van der Waals surface area contributed by atoms with E-state index in [1.165, 1.54) is 18.9 Å². The minimum atomic E-state index is -4.23. The summed E-state index contributed by atoms with van der Waals surface area (Å²) in [4.78, 5) is 67.5. The molecule has 1 aromatic carbocycles. The maximum Gasteiger partial charge on any atom is 0.306 e. The van der Waals surface area contributed by atoms with Crippen LogP contribution < -0.4 is 14.2 Å². The van der Waals surface area contributed by atoms with Gasteiger partial charge in [0.2, 0.25) is 34.1 Å². The number of fused-ring (bicyclic) bond motifs is 5. The average Bonchev–Trinajstić information content (AvgIpc) is 4.12. The molecule has 2 amide bonds. The number of nitrogens with one attached hydrogen (secondary N) is 1. The van der Waals surface area contributed by atoms with Gasteiger partial charge >= 0.3 is 5.97 Å². The molecule has 1 unspecified atom stereocenters. The lowest BCUT2D eigenvalue weighted by molar-refractivity contribution is -0.154. The van der Waals surface area contributed by atoms with Crippen molar-refractivity contribution in [2.24, 2.45) is 34.5 Å². The summed E-state index contributed by atoms with van der Waals surface area (Å²) < 4.78 is 89.9. The van der Waals surface area contributed by atoms with Crippen LogP contribution in [-0.2, 0) is 33.9 Å². The van der Waals surface area contributed by atoms with E-state index in [4.69, 9.17) is 19.2 Å². The molecule has 13 nitrogen and oxygen atoms in total. The second-order valence-corrected chi connectivity index (χ2v) is 20.9. The van der Waals surface area contributed by atoms with Crippen LogP contribution in [0.4, 0.5) is 13.2 Å². The highest BCUT2D eigenvalue weighted by Crippen LogP contribution is 2.59. The summed E-state index contributed by atoms with van der Waals surface area (Å²) in [7, 11) is -2.74. The molecule has 5 aliphatic rings. The number of ether oxygens (including phenoxy) is 3. The number of ketones is 1. The van der Waals surface area contributed by atoms with Gasteiger partial charge in [0.15, 0.2) is 5.78 Å². The number of aromatic nitrogens is 2. The summed E-state index contributed by atoms with van der Waals surface area (Å²) in [6, 6.07) is 3.63. The molecule has 59 heavy (non-hydrogen) atoms. The Hall–Kier alpha value is -4.02. The Morgan fingerprint density at radius 2 is 1.78 bits per heavy atom. The van der Waals surface area contributed by atoms with Gasteiger partial charge in [0.05, 0.1) is 53.2 Å². The molecule has 0 radical (unpaired) electrons. The van der Waals surface area contributed by atoms with Crippen molar-refractivity contribution in [1.82, 2.24) is 19.6 Å². The number of methoxy groups -OCH3 is 1. The Labute approximate surface area is 342 Å². The van der Waals surface area contributed by atoms with Crippen molar-refractivity contribution in [3.63, 3.8) is 0 Å². The van der Waals surface area contributed by atoms with Gasteiger partial charge in [-0.25, -0.2) is 31.6 Å². The van der Waals surface area contributed by atoms with Crippen LogP contribution in [0.25, 0.3) is 11.0 Å². The Balaban J connectivity index is 1.28. The van der Waals surface area contributed by atoms with Crippen LogP contribution in [0.1, 0.15) is 117 Å². The van der Waals surface area contributed by atoms with Gasteiger partial charge in [-0.15, -0.1) is 0 Å². The van der Waals surface area contributed by atoms with Gasteiger partial charge in [0.1, 0.15) is 29.8 Å². The number of sulfonamides is 1. The molecule has 2 bridgehead atoms. The van der Waals surface area contributed by atoms with Gasteiger partial charge in [-0.1, -0.05) is 40.5 Å². The standard InChI is InChI=1S/C42H55F3N4O9S/c1-7-24-32-21-49(35(24)30(50)20-42(19-26(42)36(44)45)39(53)48-59(54,55)41(5)14-15-41)38(52)25(40(2,3)4)18-33(51)57-31-16-22(31)10-8-9-11-27(43)34-37(58-32)47-29-17-23(56-6)12-13-28(29)46-34/h12-13,17,22,24-27,31-32,35-36H,7-11,14-16,18-21H2,1-6H3,(H,48,53)/t22-,24-,25-,26+,27?,31-,32+,35+,42-/m1/s1. The fourth-order valence-electron chi connectivity index (χ4n) is 9.02. The molecule has 2 aromatic rings. The Bertz CT molecular complexity index is 2110. The number of carbonyl (C=O) groups is 4. The first kappa shape index (κ1) is 43.1. The number of halogens is 3. The molecule has 1 saturated heterocycles. The SMILES string of the molecule is CC[C@@H]1[C@@H]2CN(C(=O)[C@H](C(C)(C)C)CC(=O)O[C@@H]3C[C@H]3CCCCC(F)c3nc4ccc(OC)cc4nc3O2)[C@@H]1C(=O)C[C@]1(C(=O)NS(=O)(=O)C2(C)CC2)C[C@H]1C(F)F. The number of carbonyl (C=O) groups excluding carboxylic acids is 4. The lowest BCUT2D eigenvalue weighted by Crippen LogP contribution is -2.50. The monoisotopic (exact) mass is 848 g/mol. The second kappa shape index (κ2) is 15.8. The van der Waals surface area contributed by atoms with Gasteiger partial charge in [-0.3, -0.25) is 23.9 Å². The van der Waals surface area contributed by atoms with E-state index in [1.54, 1.807) is 45.9 Å². The van der Waals surface area contributed by atoms with Gasteiger partial charge < -0.3 is 19.1 Å². The summed E-state index contributed by atoms with van der Waals surface area (Å²) >= 11 is 0. The first-order valence-electron chi connectivity index (χ1n) is 20.8. The van der Waals surface area contributed by atoms with E-state index in [2.05, 4.69) is 4.98 Å². The molecule has 0 spiro atoms. The highest BCUT2D eigenvalue weighted by Gasteiger charge is 2.67. The average molecular weight is 849 g/mol. The number of Topliss-reactive ketones (excluding diaryl/α,β-unsaturated/α-hetero) is 1. The predicted octanol–water partition coefficient (Wildman–Crippen LogP) is 6.42. The normalized spacial score (nSPS) is 32.2. The minimum Gasteiger partial charge on any atom is -0.497 e. The first-order chi connectivity index (χ1) is 27.7. The predicted molar refractivity (Wildman–Crippen MR) is 209 cm³/mol. The van der Waals surface area contributed by atoms with E-state index < -0.39 is 105 Å². The minimum absolute atomic E-state index is 0.0453. The first-order valence-corrected chi connectivity index (χ1v) is 22.2. The summed E-state index contributed by atoms with van der Waals surface area (Å²) in [5, 5.41) is 0. The molecule has 1 aromatic heterocycles. The Kier molecular flexibility index (Phi) is 11.5. The number of esters is 1. The zero-order chi connectivity index (χ0) is 42.8. The van der Waals surface area contributed by atoms with E-state index in [0.29, 0.717) is 48.9 Å². The third-order valence-corrected chi connectivity index (χ3v) is 15.6. The van der Waals surface area contributed by atoms with Crippen LogP contribution in [0, 0.1) is 34.5 Å². The highest BCUT2D eigenvalue weighted by molar-refractivity contribution is 7.91. The number of hydrogen-bond acceptors (Lipinski definition) is 11. The molecule has 4 fully saturated rings. The Morgan fingerprint density at radius 3 is 2.41 bits per heavy atom. The van der Waals surface area contributed by atoms with Crippen LogP contribution >= 0.6 is 0 Å². The molecule has 9 atom stereocenters. The van der Waals surface area contributed by atoms with Crippen molar-refractivity contribution in [2.45, 2.75) is 141 Å². The summed E-state index contributed by atoms with van der Waals surface area (Å²) in [6.07, 6.45) is -3.91. The van der Waals surface area contributed by atoms with Crippen LogP contribution in [0.3, 0.4) is 0 Å². The lowest BCUT2D eigenvalue weighted by atomic mass is 9.77. The van der Waals surface area contributed by atoms with Crippen LogP contribution in [0.5, 0.6) is 11.6 Å². The molecule has 1 N–H and O–H groups in total. The third kappa shape index (κ3) is 8.50. The second-order valence-electron chi connectivity index (χ2n) is 18.7. The quantitative estimate of drug-likeness (QED) is 0.276. The largest absolute Gasteiger partial charge is 0.497 e. The van der Waals surface area contributed by atoms with Gasteiger partial charge in [-0.2, -0.15) is 0 Å². The smallest absolute Gasteiger partial charge is 0.306 e. The van der Waals surface area contributed by atoms with Crippen molar-refractivity contribution < 1.29 is 55.0 Å². The number of nitrogens with zero attached hydrogens (tertiary/aromatic N) is 3. The van der Waals surface area contributed by atoms with E-state index in [0.717, 1.165) is 6.42 Å². The highest BCUT2D eigenvalue weighted by atomic mass is 32.2. The molecular formula is C42H55F3N4O9S. The number of amides is 2. The van der Waals surface area contributed by atoms with Crippen LogP contribution in [0.2, 0.25) is 0 Å². The molecule has 3 aliphatic carbocycles. The number of alkyl halides is 3. The van der Waals surface area contributed by atoms with Crippen LogP contribution in [0.15, 0.2) is 18.2 Å². The maximum absolute atomic E-state index is 16.3. The van der Waals surface area contributed by atoms with Crippen molar-refractivity contribution in [2.75, 3.05) is 13.7 Å². The number of hydrogen-bond donors (Lipinski definition) is 1. The van der Waals surface area contributed by atoms with Crippen LogP contribution in [-0.4, -0.2) is 89.9 Å². The summed E-state index contributed by atoms with van der Waals surface area (Å²) in [5.41, 5.74) is -2.15. The maximum atomic E-state index is 16.3. The topological polar surface area (TPSA) is 171 Å². The fraction of sp³-hybridized carbons (Fsp3) is 0.714. The molecule has 324 valence electrons. The number of rotatable bonds is 9. The van der Waals surface area contributed by atoms with E-state index >= 15 is 4.39 Å². The summed E-state index contributed by atoms with van der Waals surface area (Å²) in [5.74, 6) is -5.99. The third-order valence-electron chi connectivity index (χ3n) is 13.5. The van der Waals surface area contributed by atoms with Crippen molar-refractivity contribution in [3.05, 3.63) is 23.9 Å². The van der Waals surface area contributed by atoms with Gasteiger partial charge in [0.25, 0.3) is 0 Å². The zero-order valence-corrected chi connectivity index (χ0v) is 35.3. The zero-order valence-electron chi connectivity index (χ0n) is 34.5. The van der Waals surface area contributed by atoms with Crippen molar-refractivity contribution in [3.8, 4) is 11.6 Å². The van der Waals surface area contributed by atoms with Gasteiger partial charge in [-0.05, 0) is 75.3 Å². The number of benzene rings is 1. The summed E-state index contributed by atoms with van der Waals surface area (Å²) in [6.45, 7) is 8.36. The molecular weight excluding hydrogens is 794 g/mol. The molecule has 3 saturated carbocycles. The Morgan fingerprint density at radius 1 is 1.07 bits per heavy atom. The van der Waals surface area contributed by atoms with Gasteiger partial charge in [0, 0.05) is 24.3 Å². The van der Waals surface area contributed by atoms with E-state index in [9.17, 15) is 36.4 Å². The van der Waals surface area contributed by atoms with E-state index in [-0.39, 0.29) is 49.4 Å². The molecule has 2 aliphatic heterocycles. The van der Waals surface area contributed by atoms with Crippen molar-refractivity contribution in [1.29, 1.82) is 0 Å².